The molecule has 0 unspecified atom stereocenters. The normalized spacial score (nSPS) is 14.7. The Labute approximate surface area is 172 Å². The fourth-order valence-electron chi connectivity index (χ4n) is 3.70. The Bertz CT molecular complexity index is 868. The molecule has 0 spiro atoms. The molecule has 152 valence electrons. The zero-order valence-corrected chi connectivity index (χ0v) is 16.8. The quantitative estimate of drug-likeness (QED) is 0.444. The lowest BCUT2D eigenvalue weighted by atomic mass is 9.88. The van der Waals surface area contributed by atoms with Gasteiger partial charge in [0, 0.05) is 23.4 Å². The van der Waals surface area contributed by atoms with Gasteiger partial charge in [0.1, 0.15) is 0 Å². The predicted molar refractivity (Wildman–Crippen MR) is 116 cm³/mol. The molecule has 0 aliphatic heterocycles. The Morgan fingerprint density at radius 3 is 2.52 bits per heavy atom. The first-order valence-corrected chi connectivity index (χ1v) is 10.1. The van der Waals surface area contributed by atoms with Crippen LogP contribution in [0.1, 0.15) is 43.2 Å². The van der Waals surface area contributed by atoms with E-state index in [1.165, 1.54) is 19.6 Å². The van der Waals surface area contributed by atoms with Crippen LogP contribution in [0.3, 0.4) is 0 Å². The molecule has 1 aliphatic carbocycles. The van der Waals surface area contributed by atoms with Gasteiger partial charge in [0.05, 0.1) is 13.7 Å². The number of carbonyl (C=O) groups is 2. The molecule has 29 heavy (non-hydrogen) atoms. The highest BCUT2D eigenvalue weighted by atomic mass is 16.5. The van der Waals surface area contributed by atoms with Crippen molar-refractivity contribution in [1.82, 2.24) is 0 Å². The lowest BCUT2D eigenvalue weighted by molar-refractivity contribution is -0.134. The van der Waals surface area contributed by atoms with Crippen LogP contribution >= 0.6 is 0 Å². The van der Waals surface area contributed by atoms with Gasteiger partial charge in [-0.2, -0.15) is 0 Å². The Hall–Kier alpha value is -3.08. The van der Waals surface area contributed by atoms with Crippen molar-refractivity contribution in [2.75, 3.05) is 17.7 Å². The molecule has 5 nitrogen and oxygen atoms in total. The molecule has 2 aromatic rings. The number of methoxy groups -OCH3 is 1. The molecule has 1 amide bonds. The zero-order chi connectivity index (χ0) is 20.6. The van der Waals surface area contributed by atoms with E-state index in [0.717, 1.165) is 42.5 Å². The number of carbonyl (C=O) groups excluding carboxylic acids is 2. The molecule has 3 rings (SSSR count). The second kappa shape index (κ2) is 9.92. The third-order valence-electron chi connectivity index (χ3n) is 5.34. The summed E-state index contributed by atoms with van der Waals surface area (Å²) in [4.78, 5) is 26.7. The largest absolute Gasteiger partial charge is 0.466 e. The highest BCUT2D eigenvalue weighted by molar-refractivity contribution is 5.95. The maximum atomic E-state index is 13.4. The summed E-state index contributed by atoms with van der Waals surface area (Å²) in [7, 11) is 1.35. The Morgan fingerprint density at radius 1 is 1.10 bits per heavy atom. The minimum absolute atomic E-state index is 0.0619. The molecule has 0 radical (unpaired) electrons. The fourth-order valence-corrected chi connectivity index (χ4v) is 3.70. The number of amides is 1. The van der Waals surface area contributed by atoms with Crippen molar-refractivity contribution in [3.05, 3.63) is 65.7 Å². The predicted octanol–water partition coefficient (Wildman–Crippen LogP) is 4.57. The van der Waals surface area contributed by atoms with Crippen LogP contribution in [0.4, 0.5) is 11.4 Å². The van der Waals surface area contributed by atoms with E-state index < -0.39 is 5.97 Å². The minimum Gasteiger partial charge on any atom is -0.466 e. The Kier molecular flexibility index (Phi) is 7.06. The molecule has 0 aromatic heterocycles. The number of hydrogen-bond donors (Lipinski definition) is 1. The van der Waals surface area contributed by atoms with Crippen molar-refractivity contribution in [3.8, 4) is 0 Å². The summed E-state index contributed by atoms with van der Waals surface area (Å²) in [6.07, 6.45) is 8.38. The van der Waals surface area contributed by atoms with Crippen LogP contribution in [0.25, 0.3) is 6.08 Å². The van der Waals surface area contributed by atoms with Crippen molar-refractivity contribution in [2.24, 2.45) is 5.92 Å². The van der Waals surface area contributed by atoms with Crippen molar-refractivity contribution in [3.63, 3.8) is 0 Å². The topological polar surface area (TPSA) is 72.6 Å². The number of anilines is 2. The van der Waals surface area contributed by atoms with Crippen molar-refractivity contribution in [2.45, 2.75) is 38.6 Å². The van der Waals surface area contributed by atoms with E-state index in [0.29, 0.717) is 12.2 Å². The summed E-state index contributed by atoms with van der Waals surface area (Å²) < 4.78 is 4.66. The van der Waals surface area contributed by atoms with E-state index in [1.807, 2.05) is 53.4 Å². The molecule has 0 heterocycles. The van der Waals surface area contributed by atoms with Crippen LogP contribution in [-0.2, 0) is 20.9 Å². The fraction of sp³-hybridized carbons (Fsp3) is 0.333. The molecule has 0 bridgehead atoms. The second-order valence-electron chi connectivity index (χ2n) is 7.45. The van der Waals surface area contributed by atoms with E-state index >= 15 is 0 Å². The van der Waals surface area contributed by atoms with Gasteiger partial charge in [0.15, 0.2) is 0 Å². The van der Waals surface area contributed by atoms with Crippen LogP contribution in [0.15, 0.2) is 54.6 Å². The standard InChI is InChI=1S/C24H28N2O3/c1-29-23(27)15-12-18-6-5-9-22(16-18)26(17-19-10-13-21(25)14-11-19)24(28)20-7-3-2-4-8-20/h5-6,9-16,20H,2-4,7-8,17,25H2,1H3/b15-12+. The van der Waals surface area contributed by atoms with Gasteiger partial charge in [-0.1, -0.05) is 43.5 Å². The molecule has 1 aliphatic rings. The molecule has 1 fully saturated rings. The SMILES string of the molecule is COC(=O)/C=C/c1cccc(N(Cc2ccc(N)cc2)C(=O)C2CCCCC2)c1. The van der Waals surface area contributed by atoms with E-state index in [1.54, 1.807) is 6.08 Å². The summed E-state index contributed by atoms with van der Waals surface area (Å²) >= 11 is 0. The summed E-state index contributed by atoms with van der Waals surface area (Å²) in [6.45, 7) is 0.486. The molecule has 0 saturated heterocycles. The first kappa shape index (κ1) is 20.6. The van der Waals surface area contributed by atoms with E-state index in [-0.39, 0.29) is 11.8 Å². The number of nitrogens with zero attached hydrogens (tertiary/aromatic N) is 1. The maximum Gasteiger partial charge on any atom is 0.330 e. The number of esters is 1. The third-order valence-corrected chi connectivity index (χ3v) is 5.34. The third kappa shape index (κ3) is 5.70. The van der Waals surface area contributed by atoms with Crippen LogP contribution in [0, 0.1) is 5.92 Å². The summed E-state index contributed by atoms with van der Waals surface area (Å²) in [6, 6.07) is 15.3. The number of benzene rings is 2. The smallest absolute Gasteiger partial charge is 0.330 e. The number of hydrogen-bond acceptors (Lipinski definition) is 4. The second-order valence-corrected chi connectivity index (χ2v) is 7.45. The molecular formula is C24H28N2O3. The molecule has 5 heteroatoms. The lowest BCUT2D eigenvalue weighted by Gasteiger charge is -2.30. The minimum atomic E-state index is -0.410. The molecule has 0 atom stereocenters. The highest BCUT2D eigenvalue weighted by Gasteiger charge is 2.27. The number of ether oxygens (including phenoxy) is 1. The molecule has 1 saturated carbocycles. The van der Waals surface area contributed by atoms with Gasteiger partial charge < -0.3 is 15.4 Å². The number of rotatable bonds is 6. The molecule has 2 aromatic carbocycles. The van der Waals surface area contributed by atoms with Crippen LogP contribution in [0.2, 0.25) is 0 Å². The van der Waals surface area contributed by atoms with Crippen molar-refractivity contribution < 1.29 is 14.3 Å². The maximum absolute atomic E-state index is 13.4. The number of nitrogen functional groups attached to an aromatic ring is 1. The Morgan fingerprint density at radius 2 is 1.83 bits per heavy atom. The van der Waals surface area contributed by atoms with Gasteiger partial charge >= 0.3 is 5.97 Å². The van der Waals surface area contributed by atoms with Crippen LogP contribution in [0.5, 0.6) is 0 Å². The summed E-state index contributed by atoms with van der Waals surface area (Å²) in [5, 5.41) is 0. The van der Waals surface area contributed by atoms with Crippen LogP contribution < -0.4 is 10.6 Å². The van der Waals surface area contributed by atoms with E-state index in [4.69, 9.17) is 5.73 Å². The Balaban J connectivity index is 1.89. The average molecular weight is 392 g/mol. The van der Waals surface area contributed by atoms with Gasteiger partial charge in [0.25, 0.3) is 0 Å². The highest BCUT2D eigenvalue weighted by Crippen LogP contribution is 2.29. The first-order chi connectivity index (χ1) is 14.1. The van der Waals surface area contributed by atoms with Gasteiger partial charge in [-0.25, -0.2) is 4.79 Å². The van der Waals surface area contributed by atoms with Crippen LogP contribution in [-0.4, -0.2) is 19.0 Å². The van der Waals surface area contributed by atoms with Gasteiger partial charge in [-0.3, -0.25) is 4.79 Å². The molecule has 2 N–H and O–H groups in total. The van der Waals surface area contributed by atoms with Crippen molar-refractivity contribution in [1.29, 1.82) is 0 Å². The van der Waals surface area contributed by atoms with E-state index in [2.05, 4.69) is 4.74 Å². The number of nitrogens with two attached hydrogens (primary N) is 1. The van der Waals surface area contributed by atoms with E-state index in [9.17, 15) is 9.59 Å². The summed E-state index contributed by atoms with van der Waals surface area (Å²) in [5.41, 5.74) is 9.20. The zero-order valence-electron chi connectivity index (χ0n) is 16.8. The summed E-state index contributed by atoms with van der Waals surface area (Å²) in [5.74, 6) is -0.185. The van der Waals surface area contributed by atoms with Gasteiger partial charge in [0.2, 0.25) is 5.91 Å². The van der Waals surface area contributed by atoms with Gasteiger partial charge in [-0.15, -0.1) is 0 Å². The van der Waals surface area contributed by atoms with Crippen molar-refractivity contribution >= 4 is 29.3 Å². The molecular weight excluding hydrogens is 364 g/mol. The average Bonchev–Trinajstić information content (AvgIpc) is 2.77. The monoisotopic (exact) mass is 392 g/mol. The lowest BCUT2D eigenvalue weighted by Crippen LogP contribution is -2.36. The van der Waals surface area contributed by atoms with Gasteiger partial charge in [-0.05, 0) is 54.3 Å². The first-order valence-electron chi connectivity index (χ1n) is 10.1.